The summed E-state index contributed by atoms with van der Waals surface area (Å²) >= 11 is 0. The largest absolute Gasteiger partial charge is 0.514 e. The molecule has 13 rings (SSSR count). The number of amides is 8. The van der Waals surface area contributed by atoms with Gasteiger partial charge in [-0.3, -0.25) is 89.7 Å². The lowest BCUT2D eigenvalue weighted by Gasteiger charge is -2.37. The van der Waals surface area contributed by atoms with Gasteiger partial charge in [0.2, 0.25) is 35.4 Å². The first kappa shape index (κ1) is 103. The quantitative estimate of drug-likeness (QED) is 0.00334. The third-order valence-corrected chi connectivity index (χ3v) is 24.1. The maximum Gasteiger partial charge on any atom is 0.514 e. The number of nitrogens with one attached hydrogen (secondary N) is 8. The molecular weight excluding hydrogens is 1810 g/mol. The minimum absolute atomic E-state index is 0.0263. The summed E-state index contributed by atoms with van der Waals surface area (Å²) in [5.41, 5.74) is 6.82. The van der Waals surface area contributed by atoms with E-state index in [0.717, 1.165) is 55.3 Å². The number of nitro benzene ring substituents is 2. The average molecular weight is 1920 g/mol. The van der Waals surface area contributed by atoms with Gasteiger partial charge in [-0.1, -0.05) is 243 Å². The summed E-state index contributed by atoms with van der Waals surface area (Å²) in [5, 5.41) is 48.7. The lowest BCUT2D eigenvalue weighted by atomic mass is 9.77. The lowest BCUT2D eigenvalue weighted by Crippen LogP contribution is -2.54. The molecule has 0 aliphatic carbocycles. The molecule has 0 saturated heterocycles. The zero-order valence-corrected chi connectivity index (χ0v) is 78.3. The number of rotatable bonds is 51. The number of unbranched alkanes of at least 4 members (excludes halogenated alkanes) is 2. The van der Waals surface area contributed by atoms with Crippen LogP contribution in [-0.4, -0.2) is 157 Å². The van der Waals surface area contributed by atoms with E-state index in [1.54, 1.807) is 62.8 Å². The molecule has 4 atom stereocenters. The highest BCUT2D eigenvalue weighted by Crippen LogP contribution is 2.40. The highest BCUT2D eigenvalue weighted by Gasteiger charge is 2.39. The van der Waals surface area contributed by atoms with Gasteiger partial charge < -0.3 is 49.7 Å². The summed E-state index contributed by atoms with van der Waals surface area (Å²) in [6, 6.07) is 92.4. The predicted molar refractivity (Wildman–Crippen MR) is 533 cm³/mol. The van der Waals surface area contributed by atoms with Crippen LogP contribution in [0, 0.1) is 20.2 Å². The molecular formula is C110H110N12O20. The van der Waals surface area contributed by atoms with Crippen LogP contribution in [0.1, 0.15) is 107 Å². The molecule has 12 aromatic carbocycles. The lowest BCUT2D eigenvalue weighted by molar-refractivity contribution is -0.385. The number of methoxy groups -OCH3 is 2. The second-order valence-electron chi connectivity index (χ2n) is 33.5. The third kappa shape index (κ3) is 28.8. The number of imide groups is 2. The highest BCUT2D eigenvalue weighted by atomic mass is 16.7. The van der Waals surface area contributed by atoms with Gasteiger partial charge in [-0.15, -0.1) is 0 Å². The fraction of sp³-hybridized carbons (Fsp3) is 0.236. The van der Waals surface area contributed by atoms with Crippen LogP contribution in [0.25, 0.3) is 0 Å². The van der Waals surface area contributed by atoms with Crippen LogP contribution >= 0.6 is 0 Å². The molecule has 0 radical (unpaired) electrons. The molecule has 0 spiro atoms. The van der Waals surface area contributed by atoms with E-state index in [2.05, 4.69) is 91.1 Å². The fourth-order valence-electron chi connectivity index (χ4n) is 16.7. The van der Waals surface area contributed by atoms with Crippen molar-refractivity contribution >= 4 is 82.3 Å². The summed E-state index contributed by atoms with van der Waals surface area (Å²) in [6.07, 6.45) is 1.42. The van der Waals surface area contributed by atoms with E-state index in [1.807, 2.05) is 182 Å². The molecule has 0 saturated carbocycles. The van der Waals surface area contributed by atoms with Crippen LogP contribution in [0.15, 0.2) is 340 Å². The van der Waals surface area contributed by atoms with Gasteiger partial charge in [0, 0.05) is 86.8 Å². The minimum atomic E-state index is -1.14. The smallest absolute Gasteiger partial charge is 0.497 e. The first-order chi connectivity index (χ1) is 69.0. The summed E-state index contributed by atoms with van der Waals surface area (Å²) in [7, 11) is 3.22. The van der Waals surface area contributed by atoms with Crippen molar-refractivity contribution < 1.29 is 86.2 Å². The van der Waals surface area contributed by atoms with Gasteiger partial charge in [-0.2, -0.15) is 0 Å². The molecule has 142 heavy (non-hydrogen) atoms. The number of carbonyl (C=O) groups is 10. The van der Waals surface area contributed by atoms with Crippen molar-refractivity contribution in [2.45, 2.75) is 113 Å². The van der Waals surface area contributed by atoms with Gasteiger partial charge in [0.1, 0.15) is 36.2 Å². The van der Waals surface area contributed by atoms with Gasteiger partial charge >= 0.3 is 12.3 Å². The molecule has 0 bridgehead atoms. The number of anilines is 2. The standard InChI is InChI=1S/C110H110N12O20/c1-137-91-55-43-85(44-56-91)109(81-29-13-5-14-30-81,82-31-15-6-16-32-82)113-67-23-21-37-95(105(129)115-87-47-39-79(40-48-87)75-139-107(131)141-93-59-51-89(52-60-93)121(133)134)117-97(73-77-25-9-3-10-26-77)103(127)111-69-65-101(125)120(72-71-119-99(123)63-64-100(119)124)102(126)66-70-112-104(128)98(74-78-27-11-4-12-28-78)118-96(106(130)116-88-49-41-80(42-50-88)76-140-108(132)142-94-61-53-90(54-62-94)122(135)136)38-22-24-68-114-110(83-33-17-7-18-34-83,84-35-19-8-20-36-84)86-45-57-92(138-2)58-46-86/h3-20,25-36,39-64,95-98,113-114,117-118H,21-24,37-38,65-76H2,1-2H3,(H,111,127)(H,112,128)(H,115,129)(H,116,130)/t95-,96-,97-,98-/m0/s1. The van der Waals surface area contributed by atoms with Crippen molar-refractivity contribution in [2.24, 2.45) is 0 Å². The van der Waals surface area contributed by atoms with Crippen LogP contribution in [0.2, 0.25) is 0 Å². The monoisotopic (exact) mass is 1920 g/mol. The Kier molecular flexibility index (Phi) is 37.4. The van der Waals surface area contributed by atoms with Crippen molar-refractivity contribution in [3.63, 3.8) is 0 Å². The Hall–Kier alpha value is -16.7. The van der Waals surface area contributed by atoms with Crippen LogP contribution < -0.4 is 61.5 Å². The molecule has 0 fully saturated rings. The number of nitrogens with zero attached hydrogens (tertiary/aromatic N) is 4. The molecule has 32 heteroatoms. The number of hydrogen-bond acceptors (Lipinski definition) is 24. The second-order valence-corrected chi connectivity index (χ2v) is 33.5. The Morgan fingerprint density at radius 3 is 1.00 bits per heavy atom. The Labute approximate surface area is 821 Å². The number of non-ortho nitro benzene ring substituents is 2. The third-order valence-electron chi connectivity index (χ3n) is 24.1. The number of ether oxygens (including phenoxy) is 6. The van der Waals surface area contributed by atoms with Crippen molar-refractivity contribution in [3.8, 4) is 23.0 Å². The molecule has 8 N–H and O–H groups in total. The van der Waals surface area contributed by atoms with Gasteiger partial charge in [-0.25, -0.2) is 9.59 Å². The second kappa shape index (κ2) is 51.7. The maximum absolute atomic E-state index is 15.1. The molecule has 1 aliphatic rings. The number of hydrogen-bond donors (Lipinski definition) is 8. The molecule has 8 amide bonds. The predicted octanol–water partition coefficient (Wildman–Crippen LogP) is 15.5. The van der Waals surface area contributed by atoms with Crippen molar-refractivity contribution in [3.05, 3.63) is 416 Å². The van der Waals surface area contributed by atoms with E-state index in [4.69, 9.17) is 28.4 Å². The van der Waals surface area contributed by atoms with E-state index in [-0.39, 0.29) is 74.9 Å². The van der Waals surface area contributed by atoms with Crippen molar-refractivity contribution in [1.29, 1.82) is 0 Å². The molecule has 0 unspecified atom stereocenters. The Morgan fingerprint density at radius 2 is 0.676 bits per heavy atom. The zero-order chi connectivity index (χ0) is 100. The summed E-state index contributed by atoms with van der Waals surface area (Å²) in [5.74, 6) is -3.79. The normalized spacial score (nSPS) is 12.6. The molecule has 0 aromatic heterocycles. The van der Waals surface area contributed by atoms with E-state index < -0.39 is 131 Å². The fourth-order valence-corrected chi connectivity index (χ4v) is 16.7. The molecule has 12 aromatic rings. The Bertz CT molecular complexity index is 5810. The topological polar surface area (TPSA) is 415 Å². The summed E-state index contributed by atoms with van der Waals surface area (Å²) in [4.78, 5) is 165. The summed E-state index contributed by atoms with van der Waals surface area (Å²) in [6.45, 7) is -1.17. The van der Waals surface area contributed by atoms with Crippen molar-refractivity contribution in [2.75, 3.05) is 64.1 Å². The number of nitro groups is 2. The van der Waals surface area contributed by atoms with Crippen LogP contribution in [-0.2, 0) is 85.0 Å². The Morgan fingerprint density at radius 1 is 0.359 bits per heavy atom. The number of benzene rings is 12. The maximum atomic E-state index is 15.1. The van der Waals surface area contributed by atoms with Crippen LogP contribution in [0.4, 0.5) is 32.3 Å². The van der Waals surface area contributed by atoms with Gasteiger partial charge in [0.25, 0.3) is 23.2 Å². The molecule has 1 aliphatic heterocycles. The van der Waals surface area contributed by atoms with E-state index >= 15 is 19.2 Å². The average Bonchev–Trinajstić information content (AvgIpc) is 0.815. The van der Waals surface area contributed by atoms with E-state index in [9.17, 15) is 49.0 Å². The minimum Gasteiger partial charge on any atom is -0.497 e. The van der Waals surface area contributed by atoms with Crippen LogP contribution in [0.3, 0.4) is 0 Å². The van der Waals surface area contributed by atoms with Gasteiger partial charge in [0.05, 0.1) is 59.3 Å². The summed E-state index contributed by atoms with van der Waals surface area (Å²) < 4.78 is 32.3. The first-order valence-electron chi connectivity index (χ1n) is 46.6. The van der Waals surface area contributed by atoms with Crippen LogP contribution in [0.5, 0.6) is 23.0 Å². The van der Waals surface area contributed by atoms with E-state index in [1.165, 1.54) is 48.5 Å². The highest BCUT2D eigenvalue weighted by molar-refractivity contribution is 6.13. The zero-order valence-electron chi connectivity index (χ0n) is 78.3. The van der Waals surface area contributed by atoms with Crippen molar-refractivity contribution in [1.82, 2.24) is 41.7 Å². The molecule has 730 valence electrons. The van der Waals surface area contributed by atoms with Gasteiger partial charge in [-0.05, 0) is 180 Å². The first-order valence-corrected chi connectivity index (χ1v) is 46.6. The molecule has 1 heterocycles. The molecule has 32 nitrogen and oxygen atoms in total. The van der Waals surface area contributed by atoms with E-state index in [0.29, 0.717) is 83.9 Å². The van der Waals surface area contributed by atoms with Gasteiger partial charge in [0.15, 0.2) is 0 Å². The Balaban J connectivity index is 0.706. The number of carbonyl (C=O) groups excluding carboxylic acids is 10. The SMILES string of the molecule is COc1ccc(C(NCCCC[C@H](N[C@@H](Cc2ccccc2)C(=O)NCCC(=O)N(CCN2C(=O)C=CC2=O)C(=O)CCNC(=O)[C@H](Cc2ccccc2)N[C@@H](CCCCNC(c2ccccc2)(c2ccccc2)c2ccc(OC)cc2)C(=O)Nc2ccc(COC(=O)Oc3ccc([N+](=O)[O-])cc3)cc2)C(=O)Nc2ccc(COC(=O)Oc3ccc([N+](=O)[O-])cc3)cc2)(c2ccccc2)c2ccccc2)cc1.